The molecule has 2 aromatic heterocycles. The zero-order valence-electron chi connectivity index (χ0n) is 12.1. The van der Waals surface area contributed by atoms with Crippen LogP contribution in [0.1, 0.15) is 5.82 Å². The zero-order valence-corrected chi connectivity index (χ0v) is 12.9. The molecular weight excluding hydrogens is 312 g/mol. The molecule has 114 valence electrons. The van der Waals surface area contributed by atoms with Crippen molar-refractivity contribution >= 4 is 22.6 Å². The smallest absolute Gasteiger partial charge is 0.146 e. The number of imidazole rings is 2. The van der Waals surface area contributed by atoms with Gasteiger partial charge in [0.25, 0.3) is 0 Å². The quantitative estimate of drug-likeness (QED) is 0.617. The molecule has 0 bridgehead atoms. The molecule has 0 aliphatic heterocycles. The highest BCUT2D eigenvalue weighted by atomic mass is 35.5. The number of nitrogens with one attached hydrogen (secondary N) is 1. The fraction of sp³-hybridized carbons (Fsp3) is 0.0588. The first-order valence-electron chi connectivity index (χ1n) is 7.13. The summed E-state index contributed by atoms with van der Waals surface area (Å²) in [5.74, 6) is 1.53. The molecule has 5 nitrogen and oxygen atoms in total. The zero-order chi connectivity index (χ0) is 15.6. The third-order valence-corrected chi connectivity index (χ3v) is 3.76. The van der Waals surface area contributed by atoms with Gasteiger partial charge in [-0.2, -0.15) is 0 Å². The van der Waals surface area contributed by atoms with Crippen LogP contribution in [0.15, 0.2) is 61.2 Å². The van der Waals surface area contributed by atoms with E-state index in [0.717, 1.165) is 28.3 Å². The maximum Gasteiger partial charge on any atom is 0.146 e. The Kier molecular flexibility index (Phi) is 3.48. The average Bonchev–Trinajstić information content (AvgIpc) is 3.23. The Morgan fingerprint density at radius 2 is 2.00 bits per heavy atom. The lowest BCUT2D eigenvalue weighted by atomic mass is 10.3. The van der Waals surface area contributed by atoms with Gasteiger partial charge in [0.15, 0.2) is 0 Å². The van der Waals surface area contributed by atoms with Gasteiger partial charge in [0, 0.05) is 23.1 Å². The molecule has 0 aliphatic rings. The van der Waals surface area contributed by atoms with Gasteiger partial charge in [-0.05, 0) is 42.5 Å². The van der Waals surface area contributed by atoms with Crippen LogP contribution >= 0.6 is 11.6 Å². The van der Waals surface area contributed by atoms with Gasteiger partial charge in [-0.25, -0.2) is 9.97 Å². The topological polar surface area (TPSA) is 55.7 Å². The van der Waals surface area contributed by atoms with E-state index in [4.69, 9.17) is 16.3 Å². The Morgan fingerprint density at radius 1 is 1.13 bits per heavy atom. The molecule has 0 radical (unpaired) electrons. The van der Waals surface area contributed by atoms with E-state index in [1.807, 2.05) is 41.1 Å². The standard InChI is InChI=1S/C17H13ClN4O/c18-12-1-4-14(5-2-12)23-10-17-20-15-6-3-13(9-16(15)21-17)22-8-7-19-11-22/h1-9,11H,10H2,(H,20,21). The van der Waals surface area contributed by atoms with Gasteiger partial charge in [0.2, 0.25) is 0 Å². The van der Waals surface area contributed by atoms with Crippen LogP contribution < -0.4 is 4.74 Å². The second-order valence-corrected chi connectivity index (χ2v) is 5.53. The first-order chi connectivity index (χ1) is 11.3. The van der Waals surface area contributed by atoms with E-state index in [1.54, 1.807) is 24.7 Å². The highest BCUT2D eigenvalue weighted by molar-refractivity contribution is 6.30. The highest BCUT2D eigenvalue weighted by Crippen LogP contribution is 2.19. The van der Waals surface area contributed by atoms with E-state index in [-0.39, 0.29) is 0 Å². The molecular formula is C17H13ClN4O. The number of H-pyrrole nitrogens is 1. The van der Waals surface area contributed by atoms with Crippen LogP contribution in [0.4, 0.5) is 0 Å². The van der Waals surface area contributed by atoms with Crippen LogP contribution in [0.5, 0.6) is 5.75 Å². The lowest BCUT2D eigenvalue weighted by molar-refractivity contribution is 0.297. The van der Waals surface area contributed by atoms with Crippen molar-refractivity contribution < 1.29 is 4.74 Å². The Balaban J connectivity index is 1.55. The predicted molar refractivity (Wildman–Crippen MR) is 89.0 cm³/mol. The summed E-state index contributed by atoms with van der Waals surface area (Å²) in [6.07, 6.45) is 5.42. The molecule has 0 saturated carbocycles. The van der Waals surface area contributed by atoms with Crippen LogP contribution in [0.3, 0.4) is 0 Å². The molecule has 0 unspecified atom stereocenters. The minimum absolute atomic E-state index is 0.372. The summed E-state index contributed by atoms with van der Waals surface area (Å²) < 4.78 is 7.66. The Morgan fingerprint density at radius 3 is 2.78 bits per heavy atom. The number of aromatic amines is 1. The van der Waals surface area contributed by atoms with Crippen LogP contribution in [-0.2, 0) is 6.61 Å². The fourth-order valence-corrected chi connectivity index (χ4v) is 2.50. The first kappa shape index (κ1) is 13.8. The number of nitrogens with zero attached hydrogens (tertiary/aromatic N) is 3. The largest absolute Gasteiger partial charge is 0.486 e. The van der Waals surface area contributed by atoms with Crippen molar-refractivity contribution in [1.29, 1.82) is 0 Å². The second-order valence-electron chi connectivity index (χ2n) is 5.10. The van der Waals surface area contributed by atoms with Crippen LogP contribution in [0.25, 0.3) is 16.7 Å². The number of hydrogen-bond acceptors (Lipinski definition) is 3. The van der Waals surface area contributed by atoms with Gasteiger partial charge in [-0.15, -0.1) is 0 Å². The van der Waals surface area contributed by atoms with Crippen molar-refractivity contribution in [1.82, 2.24) is 19.5 Å². The number of benzene rings is 2. The van der Waals surface area contributed by atoms with Gasteiger partial charge in [-0.1, -0.05) is 11.6 Å². The van der Waals surface area contributed by atoms with Crippen molar-refractivity contribution in [2.24, 2.45) is 0 Å². The molecule has 6 heteroatoms. The molecule has 0 spiro atoms. The fourth-order valence-electron chi connectivity index (χ4n) is 2.37. The van der Waals surface area contributed by atoms with E-state index in [2.05, 4.69) is 15.0 Å². The van der Waals surface area contributed by atoms with Crippen LogP contribution in [0.2, 0.25) is 5.02 Å². The summed E-state index contributed by atoms with van der Waals surface area (Å²) in [6, 6.07) is 13.3. The summed E-state index contributed by atoms with van der Waals surface area (Å²) in [7, 11) is 0. The number of ether oxygens (including phenoxy) is 1. The summed E-state index contributed by atoms with van der Waals surface area (Å²) in [5.41, 5.74) is 2.90. The molecule has 0 aliphatic carbocycles. The SMILES string of the molecule is Clc1ccc(OCc2nc3ccc(-n4ccnc4)cc3[nH]2)cc1. The van der Waals surface area contributed by atoms with Gasteiger partial charge in [-0.3, -0.25) is 0 Å². The molecule has 1 N–H and O–H groups in total. The monoisotopic (exact) mass is 324 g/mol. The molecule has 2 heterocycles. The maximum atomic E-state index is 5.86. The summed E-state index contributed by atoms with van der Waals surface area (Å²) in [4.78, 5) is 11.9. The Labute approximate surface area is 137 Å². The second kappa shape index (κ2) is 5.78. The van der Waals surface area contributed by atoms with Crippen molar-refractivity contribution in [2.75, 3.05) is 0 Å². The van der Waals surface area contributed by atoms with Crippen molar-refractivity contribution in [3.05, 3.63) is 72.0 Å². The van der Waals surface area contributed by atoms with E-state index in [0.29, 0.717) is 11.6 Å². The number of aromatic nitrogens is 4. The minimum Gasteiger partial charge on any atom is -0.486 e. The molecule has 4 aromatic rings. The van der Waals surface area contributed by atoms with E-state index in [1.165, 1.54) is 0 Å². The molecule has 23 heavy (non-hydrogen) atoms. The molecule has 4 rings (SSSR count). The Bertz CT molecular complexity index is 929. The highest BCUT2D eigenvalue weighted by Gasteiger charge is 2.05. The van der Waals surface area contributed by atoms with E-state index < -0.39 is 0 Å². The maximum absolute atomic E-state index is 5.86. The summed E-state index contributed by atoms with van der Waals surface area (Å²) in [5, 5.41) is 0.688. The molecule has 0 saturated heterocycles. The predicted octanol–water partition coefficient (Wildman–Crippen LogP) is 3.98. The number of rotatable bonds is 4. The third-order valence-electron chi connectivity index (χ3n) is 3.51. The molecule has 2 aromatic carbocycles. The molecule has 0 atom stereocenters. The summed E-state index contributed by atoms with van der Waals surface area (Å²) in [6.45, 7) is 0.372. The van der Waals surface area contributed by atoms with E-state index in [9.17, 15) is 0 Å². The van der Waals surface area contributed by atoms with Gasteiger partial charge in [0.05, 0.1) is 17.4 Å². The molecule has 0 fully saturated rings. The number of fused-ring (bicyclic) bond motifs is 1. The molecule has 0 amide bonds. The Hall–Kier alpha value is -2.79. The third kappa shape index (κ3) is 2.91. The summed E-state index contributed by atoms with van der Waals surface area (Å²) >= 11 is 5.86. The van der Waals surface area contributed by atoms with Gasteiger partial charge in [0.1, 0.15) is 18.2 Å². The van der Waals surface area contributed by atoms with Crippen molar-refractivity contribution in [3.8, 4) is 11.4 Å². The van der Waals surface area contributed by atoms with Crippen LogP contribution in [-0.4, -0.2) is 19.5 Å². The lowest BCUT2D eigenvalue weighted by Gasteiger charge is -2.03. The lowest BCUT2D eigenvalue weighted by Crippen LogP contribution is -1.97. The first-order valence-corrected chi connectivity index (χ1v) is 7.51. The van der Waals surface area contributed by atoms with Gasteiger partial charge < -0.3 is 14.3 Å². The number of halogens is 1. The van der Waals surface area contributed by atoms with E-state index >= 15 is 0 Å². The normalized spacial score (nSPS) is 11.0. The van der Waals surface area contributed by atoms with Crippen LogP contribution in [0, 0.1) is 0 Å². The average molecular weight is 325 g/mol. The van der Waals surface area contributed by atoms with Crippen molar-refractivity contribution in [2.45, 2.75) is 6.61 Å². The van der Waals surface area contributed by atoms with Crippen molar-refractivity contribution in [3.63, 3.8) is 0 Å². The minimum atomic E-state index is 0.372. The van der Waals surface area contributed by atoms with Gasteiger partial charge >= 0.3 is 0 Å². The number of hydrogen-bond donors (Lipinski definition) is 1.